The maximum absolute atomic E-state index is 13.4. The van der Waals surface area contributed by atoms with Gasteiger partial charge in [0.2, 0.25) is 0 Å². The molecule has 4 saturated carbocycles. The lowest BCUT2D eigenvalue weighted by Crippen LogP contribution is -2.54. The normalized spacial score (nSPS) is 27.9. The van der Waals surface area contributed by atoms with Gasteiger partial charge in [-0.05, 0) is 104 Å². The molecule has 9 nitrogen and oxygen atoms in total. The van der Waals surface area contributed by atoms with Crippen LogP contribution in [0.2, 0.25) is 5.02 Å². The molecule has 3 aromatic rings. The second-order valence-electron chi connectivity index (χ2n) is 11.8. The minimum atomic E-state index is -0.840. The molecule has 41 heavy (non-hydrogen) atoms. The lowest BCUT2D eigenvalue weighted by Gasteiger charge is -2.57. The van der Waals surface area contributed by atoms with Gasteiger partial charge in [-0.1, -0.05) is 23.7 Å². The molecule has 8 rings (SSSR count). The standard InChI is InChI=1S/C31H26ClN3O6/c32-26-7-5-22(35(39)40)12-24(26)27-8-6-23(41-27)13-25-28(36)33-30(38)34(29(25)37)21-3-1-20(2-4-21)31-14-17-9-18(15-31)11-19(10-17)16-31/h1-8,12-13,17-19H,9-11,14-16H2,(H,33,36,38)/b25-13+. The molecule has 1 N–H and O–H groups in total. The summed E-state index contributed by atoms with van der Waals surface area (Å²) in [7, 11) is 0. The van der Waals surface area contributed by atoms with Gasteiger partial charge < -0.3 is 4.42 Å². The Kier molecular flexibility index (Phi) is 5.90. The van der Waals surface area contributed by atoms with Crippen molar-refractivity contribution in [1.29, 1.82) is 0 Å². The summed E-state index contributed by atoms with van der Waals surface area (Å²) >= 11 is 6.22. The number of nitrogens with one attached hydrogen (secondary N) is 1. The maximum Gasteiger partial charge on any atom is 0.335 e. The Bertz CT molecular complexity index is 1620. The van der Waals surface area contributed by atoms with E-state index in [1.54, 1.807) is 12.1 Å². The summed E-state index contributed by atoms with van der Waals surface area (Å²) < 4.78 is 5.77. The van der Waals surface area contributed by atoms with Crippen molar-refractivity contribution in [1.82, 2.24) is 5.32 Å². The number of urea groups is 1. The molecule has 4 aliphatic carbocycles. The molecule has 10 heteroatoms. The minimum Gasteiger partial charge on any atom is -0.457 e. The third kappa shape index (κ3) is 4.35. The summed E-state index contributed by atoms with van der Waals surface area (Å²) in [6.45, 7) is 0. The predicted molar refractivity (Wildman–Crippen MR) is 151 cm³/mol. The molecule has 0 unspecified atom stereocenters. The second kappa shape index (κ2) is 9.41. The van der Waals surface area contributed by atoms with Crippen LogP contribution >= 0.6 is 11.6 Å². The van der Waals surface area contributed by atoms with E-state index < -0.39 is 22.8 Å². The first-order valence-electron chi connectivity index (χ1n) is 13.8. The fourth-order valence-corrected chi connectivity index (χ4v) is 8.06. The van der Waals surface area contributed by atoms with E-state index in [4.69, 9.17) is 16.0 Å². The molecular weight excluding hydrogens is 546 g/mol. The zero-order valence-electron chi connectivity index (χ0n) is 22.0. The zero-order valence-corrected chi connectivity index (χ0v) is 22.7. The molecule has 2 heterocycles. The molecule has 0 radical (unpaired) electrons. The van der Waals surface area contributed by atoms with E-state index in [9.17, 15) is 24.5 Å². The van der Waals surface area contributed by atoms with E-state index in [1.165, 1.54) is 80.5 Å². The zero-order chi connectivity index (χ0) is 28.5. The first-order valence-corrected chi connectivity index (χ1v) is 14.1. The number of carbonyl (C=O) groups excluding carboxylic acids is 3. The van der Waals surface area contributed by atoms with Gasteiger partial charge in [0.05, 0.1) is 15.6 Å². The van der Waals surface area contributed by atoms with Crippen LogP contribution in [0.5, 0.6) is 0 Å². The molecule has 4 amide bonds. The fraction of sp³-hybridized carbons (Fsp3) is 0.323. The third-order valence-electron chi connectivity index (χ3n) is 9.22. The Labute approximate surface area is 240 Å². The highest BCUT2D eigenvalue weighted by Gasteiger charge is 2.51. The topological polar surface area (TPSA) is 123 Å². The maximum atomic E-state index is 13.4. The van der Waals surface area contributed by atoms with Gasteiger partial charge in [-0.15, -0.1) is 0 Å². The number of anilines is 1. The van der Waals surface area contributed by atoms with Gasteiger partial charge in [0.15, 0.2) is 0 Å². The highest BCUT2D eigenvalue weighted by atomic mass is 35.5. The third-order valence-corrected chi connectivity index (χ3v) is 9.55. The minimum absolute atomic E-state index is 0.146. The van der Waals surface area contributed by atoms with Crippen LogP contribution in [-0.2, 0) is 15.0 Å². The molecule has 2 aromatic carbocycles. The first-order chi connectivity index (χ1) is 19.7. The van der Waals surface area contributed by atoms with Gasteiger partial charge in [0, 0.05) is 17.7 Å². The van der Waals surface area contributed by atoms with E-state index in [-0.39, 0.29) is 33.2 Å². The van der Waals surface area contributed by atoms with Crippen molar-refractivity contribution < 1.29 is 23.7 Å². The summed E-state index contributed by atoms with van der Waals surface area (Å²) in [6.07, 6.45) is 8.89. The van der Waals surface area contributed by atoms with Gasteiger partial charge >= 0.3 is 6.03 Å². The second-order valence-corrected chi connectivity index (χ2v) is 12.2. The molecule has 4 bridgehead atoms. The van der Waals surface area contributed by atoms with Crippen molar-refractivity contribution in [3.8, 4) is 11.3 Å². The number of rotatable bonds is 5. The van der Waals surface area contributed by atoms with Crippen LogP contribution < -0.4 is 10.2 Å². The first kappa shape index (κ1) is 25.7. The fourth-order valence-electron chi connectivity index (χ4n) is 7.85. The molecule has 0 spiro atoms. The average molecular weight is 572 g/mol. The Balaban J connectivity index is 1.15. The molecule has 1 saturated heterocycles. The number of nitrogens with zero attached hydrogens (tertiary/aromatic N) is 2. The van der Waals surface area contributed by atoms with E-state index >= 15 is 0 Å². The van der Waals surface area contributed by atoms with Crippen molar-refractivity contribution in [2.45, 2.75) is 43.9 Å². The molecule has 208 valence electrons. The Morgan fingerprint density at radius 3 is 2.24 bits per heavy atom. The average Bonchev–Trinajstić information content (AvgIpc) is 3.39. The van der Waals surface area contributed by atoms with E-state index in [0.717, 1.165) is 22.7 Å². The number of halogens is 1. The number of hydrogen-bond acceptors (Lipinski definition) is 6. The smallest absolute Gasteiger partial charge is 0.335 e. The molecule has 0 atom stereocenters. The lowest BCUT2D eigenvalue weighted by molar-refractivity contribution is -0.384. The van der Waals surface area contributed by atoms with Crippen LogP contribution in [0.3, 0.4) is 0 Å². The monoisotopic (exact) mass is 571 g/mol. The number of amides is 4. The van der Waals surface area contributed by atoms with Crippen molar-refractivity contribution in [2.75, 3.05) is 4.90 Å². The molecule has 1 aliphatic heterocycles. The lowest BCUT2D eigenvalue weighted by atomic mass is 9.48. The van der Waals surface area contributed by atoms with Crippen LogP contribution in [0.15, 0.2) is 64.6 Å². The number of barbiturate groups is 1. The number of non-ortho nitro benzene ring substituents is 1. The van der Waals surface area contributed by atoms with E-state index in [2.05, 4.69) is 5.32 Å². The summed E-state index contributed by atoms with van der Waals surface area (Å²) in [4.78, 5) is 50.5. The number of benzene rings is 2. The number of nitro benzene ring substituents is 1. The molecule has 1 aromatic heterocycles. The van der Waals surface area contributed by atoms with Crippen molar-refractivity contribution >= 4 is 46.9 Å². The van der Waals surface area contributed by atoms with Crippen molar-refractivity contribution in [2.24, 2.45) is 17.8 Å². The Morgan fingerprint density at radius 2 is 1.61 bits per heavy atom. The van der Waals surface area contributed by atoms with Crippen LogP contribution in [0, 0.1) is 27.9 Å². The van der Waals surface area contributed by atoms with Crippen LogP contribution in [0.25, 0.3) is 17.4 Å². The van der Waals surface area contributed by atoms with Gasteiger partial charge in [-0.2, -0.15) is 0 Å². The van der Waals surface area contributed by atoms with E-state index in [1.807, 2.05) is 12.1 Å². The summed E-state index contributed by atoms with van der Waals surface area (Å²) in [5, 5.41) is 13.7. The van der Waals surface area contributed by atoms with Gasteiger partial charge in [-0.3, -0.25) is 25.0 Å². The largest absolute Gasteiger partial charge is 0.457 e. The Morgan fingerprint density at radius 1 is 0.951 bits per heavy atom. The molecular formula is C31H26ClN3O6. The van der Waals surface area contributed by atoms with Crippen molar-refractivity contribution in [3.63, 3.8) is 0 Å². The summed E-state index contributed by atoms with van der Waals surface area (Å²) in [5.41, 5.74) is 1.68. The molecule has 5 fully saturated rings. The predicted octanol–water partition coefficient (Wildman–Crippen LogP) is 6.64. The highest BCUT2D eigenvalue weighted by Crippen LogP contribution is 2.60. The number of imide groups is 2. The van der Waals surface area contributed by atoms with Gasteiger partial charge in [0.25, 0.3) is 17.5 Å². The SMILES string of the molecule is O=C1NC(=O)N(c2ccc(C34CC5CC(CC(C5)C3)C4)cc2)C(=O)/C1=C/c1ccc(-c2cc([N+](=O)[O-])ccc2Cl)o1. The number of furan rings is 1. The van der Waals surface area contributed by atoms with Crippen LogP contribution in [0.4, 0.5) is 16.2 Å². The highest BCUT2D eigenvalue weighted by molar-refractivity contribution is 6.39. The van der Waals surface area contributed by atoms with Crippen LogP contribution in [-0.4, -0.2) is 22.8 Å². The number of nitro groups is 1. The van der Waals surface area contributed by atoms with Crippen LogP contribution in [0.1, 0.15) is 49.8 Å². The van der Waals surface area contributed by atoms with Gasteiger partial charge in [0.1, 0.15) is 17.1 Å². The van der Waals surface area contributed by atoms with E-state index in [0.29, 0.717) is 11.3 Å². The van der Waals surface area contributed by atoms with Crippen molar-refractivity contribution in [3.05, 3.63) is 86.6 Å². The number of carbonyl (C=O) groups is 3. The Hall–Kier alpha value is -4.24. The summed E-state index contributed by atoms with van der Waals surface area (Å²) in [5.74, 6) is 1.15. The van der Waals surface area contributed by atoms with Gasteiger partial charge in [-0.25, -0.2) is 9.69 Å². The summed E-state index contributed by atoms with van der Waals surface area (Å²) in [6, 6.07) is 13.8. The molecule has 5 aliphatic rings. The number of hydrogen-bond donors (Lipinski definition) is 1. The quantitative estimate of drug-likeness (QED) is 0.158.